The van der Waals surface area contributed by atoms with Crippen molar-refractivity contribution in [2.75, 3.05) is 139 Å². The number of ether oxygens (including phenoxy) is 10. The van der Waals surface area contributed by atoms with Crippen LogP contribution in [0, 0.1) is 0 Å². The topological polar surface area (TPSA) is 138 Å². The number of rotatable bonds is 43. The molecule has 0 spiro atoms. The van der Waals surface area contributed by atoms with Gasteiger partial charge in [-0.2, -0.15) is 4.89 Å². The highest BCUT2D eigenvalue weighted by Gasteiger charge is 1.98. The Labute approximate surface area is 276 Å². The molecule has 0 rings (SSSR count). The second-order valence-electron chi connectivity index (χ2n) is 9.89. The van der Waals surface area contributed by atoms with Crippen LogP contribution in [0.2, 0.25) is 0 Å². The van der Waals surface area contributed by atoms with Crippen molar-refractivity contribution in [2.24, 2.45) is 0 Å². The molecule has 278 valence electrons. The van der Waals surface area contributed by atoms with Crippen LogP contribution in [0.15, 0.2) is 0 Å². The lowest BCUT2D eigenvalue weighted by Crippen LogP contribution is -2.14. The summed E-state index contributed by atoms with van der Waals surface area (Å²) in [7, 11) is 1.65. The predicted molar refractivity (Wildman–Crippen MR) is 167 cm³/mol. The van der Waals surface area contributed by atoms with Gasteiger partial charge in [-0.1, -0.05) is 51.9 Å². The van der Waals surface area contributed by atoms with Crippen LogP contribution in [0.5, 0.6) is 0 Å². The Bertz CT molecular complexity index is 478. The van der Waals surface area contributed by atoms with E-state index < -0.39 is 0 Å². The number of hydrogen-bond acceptors (Lipinski definition) is 15. The van der Waals surface area contributed by atoms with Crippen LogP contribution in [0.25, 0.3) is 0 Å². The van der Waals surface area contributed by atoms with Crippen LogP contribution >= 0.6 is 0 Å². The minimum atomic E-state index is -0.142. The van der Waals surface area contributed by atoms with Crippen molar-refractivity contribution in [3.05, 3.63) is 0 Å². The summed E-state index contributed by atoms with van der Waals surface area (Å²) < 4.78 is 53.6. The molecule has 0 N–H and O–H groups in total. The highest BCUT2D eigenvalue weighted by molar-refractivity contribution is 4.45. The van der Waals surface area contributed by atoms with Crippen molar-refractivity contribution in [2.45, 2.75) is 64.7 Å². The minimum absolute atomic E-state index is 0.142. The molecule has 0 radical (unpaired) electrons. The average Bonchev–Trinajstić information content (AvgIpc) is 3.07. The van der Waals surface area contributed by atoms with Crippen LogP contribution in [-0.2, 0) is 72.3 Å². The quantitative estimate of drug-likeness (QED) is 0.0398. The van der Waals surface area contributed by atoms with Crippen LogP contribution in [0.4, 0.5) is 0 Å². The maximum Gasteiger partial charge on any atom is 0.184 e. The lowest BCUT2D eigenvalue weighted by molar-refractivity contribution is -0.712. The lowest BCUT2D eigenvalue weighted by Gasteiger charge is -2.08. The van der Waals surface area contributed by atoms with E-state index in [9.17, 15) is 0 Å². The zero-order valence-electron chi connectivity index (χ0n) is 28.6. The Morgan fingerprint density at radius 3 is 1.11 bits per heavy atom. The molecule has 0 saturated carbocycles. The van der Waals surface area contributed by atoms with Gasteiger partial charge >= 0.3 is 0 Å². The Morgan fingerprint density at radius 1 is 0.283 bits per heavy atom. The van der Waals surface area contributed by atoms with E-state index in [0.717, 1.165) is 19.3 Å². The maximum absolute atomic E-state index is 5.52. The first-order valence-electron chi connectivity index (χ1n) is 16.8. The zero-order valence-corrected chi connectivity index (χ0v) is 28.6. The predicted octanol–water partition coefficient (Wildman–Crippen LogP) is 4.01. The molecule has 0 saturated heterocycles. The Kier molecular flexibility index (Phi) is 43.8. The van der Waals surface area contributed by atoms with Crippen molar-refractivity contribution in [3.8, 4) is 0 Å². The van der Waals surface area contributed by atoms with E-state index in [1.807, 2.05) is 0 Å². The van der Waals surface area contributed by atoms with E-state index >= 15 is 0 Å². The van der Waals surface area contributed by atoms with Gasteiger partial charge in [0.2, 0.25) is 0 Å². The molecule has 46 heavy (non-hydrogen) atoms. The van der Waals surface area contributed by atoms with Crippen LogP contribution < -0.4 is 0 Å². The highest BCUT2D eigenvalue weighted by atomic mass is 17.8. The molecule has 15 heteroatoms. The molecule has 0 amide bonds. The third-order valence-electron chi connectivity index (χ3n) is 5.98. The Morgan fingerprint density at radius 2 is 0.652 bits per heavy atom. The number of methoxy groups -OCH3 is 1. The van der Waals surface area contributed by atoms with Gasteiger partial charge in [0.15, 0.2) is 6.79 Å². The van der Waals surface area contributed by atoms with Gasteiger partial charge in [0, 0.05) is 20.3 Å². The summed E-state index contributed by atoms with van der Waals surface area (Å²) in [6, 6.07) is 0. The molecule has 0 heterocycles. The molecule has 15 nitrogen and oxygen atoms in total. The van der Waals surface area contributed by atoms with E-state index in [1.165, 1.54) is 38.5 Å². The van der Waals surface area contributed by atoms with Gasteiger partial charge in [-0.25, -0.2) is 4.89 Å². The van der Waals surface area contributed by atoms with Crippen molar-refractivity contribution in [1.82, 2.24) is 0 Å². The molecule has 0 aromatic carbocycles. The van der Waals surface area contributed by atoms with Crippen molar-refractivity contribution in [3.63, 3.8) is 0 Å². The second kappa shape index (κ2) is 44.4. The zero-order chi connectivity index (χ0) is 33.1. The van der Waals surface area contributed by atoms with E-state index in [2.05, 4.69) is 26.9 Å². The van der Waals surface area contributed by atoms with Crippen molar-refractivity contribution < 1.29 is 72.3 Å². The summed E-state index contributed by atoms with van der Waals surface area (Å²) in [5.74, 6) is 0. The molecule has 0 aliphatic heterocycles. The monoisotopic (exact) mass is 676 g/mol. The SMILES string of the molecule is CCCCCCCCCCOOOOOCOCCOCCOCCOCCOCCCOCCOCCOCCOCCOC. The standard InChI is InChI=1S/C31H64O15/c1-3-4-5-6-7-8-9-10-14-42-44-46-45-43-31-41-30-29-40-28-27-39-26-24-37-20-18-34-13-11-12-33-17-19-36-23-25-38-22-21-35-16-15-32-2/h3-31H2,1-2H3. The van der Waals surface area contributed by atoms with Crippen LogP contribution in [0.1, 0.15) is 64.7 Å². The summed E-state index contributed by atoms with van der Waals surface area (Å²) in [6.45, 7) is 11.9. The molecular weight excluding hydrogens is 612 g/mol. The summed E-state index contributed by atoms with van der Waals surface area (Å²) in [5.41, 5.74) is 0. The van der Waals surface area contributed by atoms with Gasteiger partial charge in [0.05, 0.1) is 112 Å². The van der Waals surface area contributed by atoms with E-state index in [0.29, 0.717) is 126 Å². The van der Waals surface area contributed by atoms with Crippen LogP contribution in [-0.4, -0.2) is 139 Å². The molecule has 0 fully saturated rings. The first-order valence-corrected chi connectivity index (χ1v) is 16.8. The van der Waals surface area contributed by atoms with Gasteiger partial charge in [-0.05, 0) is 28.0 Å². The molecule has 0 bridgehead atoms. The lowest BCUT2D eigenvalue weighted by atomic mass is 10.1. The summed E-state index contributed by atoms with van der Waals surface area (Å²) in [5, 5.41) is 13.0. The normalized spacial score (nSPS) is 11.6. The molecule has 0 aromatic rings. The molecule has 0 aliphatic carbocycles. The molecule has 0 unspecified atom stereocenters. The van der Waals surface area contributed by atoms with Gasteiger partial charge in [0.1, 0.15) is 0 Å². The van der Waals surface area contributed by atoms with Crippen molar-refractivity contribution in [1.29, 1.82) is 0 Å². The Hall–Kier alpha value is -0.600. The number of unbranched alkanes of at least 4 members (excludes halogenated alkanes) is 7. The minimum Gasteiger partial charge on any atom is -0.382 e. The summed E-state index contributed by atoms with van der Waals surface area (Å²) in [6.07, 6.45) is 10.5. The van der Waals surface area contributed by atoms with Gasteiger partial charge < -0.3 is 47.4 Å². The smallest absolute Gasteiger partial charge is 0.184 e. The molecule has 0 aliphatic rings. The Balaban J connectivity index is 3.03. The second-order valence-corrected chi connectivity index (χ2v) is 9.89. The summed E-state index contributed by atoms with van der Waals surface area (Å²) >= 11 is 0. The molecule has 0 aromatic heterocycles. The van der Waals surface area contributed by atoms with E-state index in [-0.39, 0.29) is 6.79 Å². The third-order valence-corrected chi connectivity index (χ3v) is 5.98. The van der Waals surface area contributed by atoms with Gasteiger partial charge in [0.25, 0.3) is 0 Å². The first kappa shape index (κ1) is 45.4. The largest absolute Gasteiger partial charge is 0.382 e. The fourth-order valence-electron chi connectivity index (χ4n) is 3.54. The maximum atomic E-state index is 5.52. The summed E-state index contributed by atoms with van der Waals surface area (Å²) in [4.78, 5) is 9.44. The van der Waals surface area contributed by atoms with E-state index in [1.54, 1.807) is 7.11 Å². The highest BCUT2D eigenvalue weighted by Crippen LogP contribution is 2.08. The van der Waals surface area contributed by atoms with E-state index in [4.69, 9.17) is 52.3 Å². The number of hydrogen-bond donors (Lipinski definition) is 0. The van der Waals surface area contributed by atoms with Gasteiger partial charge in [-0.15, -0.1) is 0 Å². The molecule has 0 atom stereocenters. The third kappa shape index (κ3) is 43.4. The first-order chi connectivity index (χ1) is 22.9. The molecular formula is C31H64O15. The average molecular weight is 677 g/mol. The van der Waals surface area contributed by atoms with Gasteiger partial charge in [-0.3, -0.25) is 0 Å². The van der Waals surface area contributed by atoms with Crippen LogP contribution in [0.3, 0.4) is 0 Å². The fraction of sp³-hybridized carbons (Fsp3) is 1.00. The fourth-order valence-corrected chi connectivity index (χ4v) is 3.54. The van der Waals surface area contributed by atoms with Crippen molar-refractivity contribution >= 4 is 0 Å².